The van der Waals surface area contributed by atoms with Gasteiger partial charge in [-0.3, -0.25) is 19.2 Å². The van der Waals surface area contributed by atoms with Crippen LogP contribution in [0.3, 0.4) is 0 Å². The lowest BCUT2D eigenvalue weighted by Crippen LogP contribution is -2.56. The highest BCUT2D eigenvalue weighted by molar-refractivity contribution is 5.93. The zero-order chi connectivity index (χ0) is 19.7. The van der Waals surface area contributed by atoms with Crippen LogP contribution in [0, 0.1) is 5.92 Å². The maximum absolute atomic E-state index is 12.2. The Kier molecular flexibility index (Phi) is 9.13. The molecule has 4 amide bonds. The van der Waals surface area contributed by atoms with Crippen LogP contribution in [0.1, 0.15) is 33.1 Å². The molecule has 0 saturated carbocycles. The molecule has 0 saturated heterocycles. The van der Waals surface area contributed by atoms with E-state index in [4.69, 9.17) is 22.3 Å². The van der Waals surface area contributed by atoms with Gasteiger partial charge < -0.3 is 32.9 Å². The van der Waals surface area contributed by atoms with Gasteiger partial charge in [-0.2, -0.15) is 0 Å². The highest BCUT2D eigenvalue weighted by Crippen LogP contribution is 2.05. The molecule has 0 aromatic carbocycles. The number of carbonyl (C=O) groups is 5. The summed E-state index contributed by atoms with van der Waals surface area (Å²) in [7, 11) is 0. The number of carboxylic acid groups (broad SMARTS) is 1. The monoisotopic (exact) mass is 359 g/mol. The Labute approximate surface area is 144 Å². The SMILES string of the molecule is CC(C)[C@H](NC(=O)[C@@H](N)CCC(N)=O)C(=O)N[C@@H](CC(N)=O)C(=O)O. The van der Waals surface area contributed by atoms with E-state index in [1.165, 1.54) is 0 Å². The number of aliphatic carboxylic acids is 1. The molecule has 142 valence electrons. The normalized spacial score (nSPS) is 14.2. The Morgan fingerprint density at radius 1 is 0.960 bits per heavy atom. The van der Waals surface area contributed by atoms with E-state index in [0.29, 0.717) is 0 Å². The van der Waals surface area contributed by atoms with Crippen molar-refractivity contribution in [1.29, 1.82) is 0 Å². The van der Waals surface area contributed by atoms with Crippen LogP contribution >= 0.6 is 0 Å². The van der Waals surface area contributed by atoms with Crippen LogP contribution in [0.25, 0.3) is 0 Å². The third-order valence-corrected chi connectivity index (χ3v) is 3.31. The standard InChI is InChI=1S/C14H25N5O6/c1-6(2)11(19-12(22)7(15)3-4-9(16)20)13(23)18-8(14(24)25)5-10(17)21/h6-8,11H,3-5,15H2,1-2H3,(H2,16,20)(H2,17,21)(H,18,23)(H,19,22)(H,24,25)/t7-,8-,11-/m0/s1. The van der Waals surface area contributed by atoms with E-state index in [0.717, 1.165) is 0 Å². The molecule has 0 aliphatic carbocycles. The van der Waals surface area contributed by atoms with Crippen molar-refractivity contribution in [1.82, 2.24) is 10.6 Å². The number of hydrogen-bond acceptors (Lipinski definition) is 6. The van der Waals surface area contributed by atoms with E-state index >= 15 is 0 Å². The minimum Gasteiger partial charge on any atom is -0.480 e. The maximum atomic E-state index is 12.2. The number of nitrogens with one attached hydrogen (secondary N) is 2. The van der Waals surface area contributed by atoms with Crippen LogP contribution in [0.15, 0.2) is 0 Å². The molecule has 0 aromatic rings. The number of nitrogens with two attached hydrogens (primary N) is 3. The van der Waals surface area contributed by atoms with Crippen LogP contribution in [0.2, 0.25) is 0 Å². The molecule has 11 heteroatoms. The first-order chi connectivity index (χ1) is 11.5. The summed E-state index contributed by atoms with van der Waals surface area (Å²) in [4.78, 5) is 56.9. The smallest absolute Gasteiger partial charge is 0.326 e. The summed E-state index contributed by atoms with van der Waals surface area (Å²) in [6, 6.07) is -3.64. The first kappa shape index (κ1) is 22.3. The molecule has 0 aliphatic heterocycles. The van der Waals surface area contributed by atoms with Gasteiger partial charge in [0.1, 0.15) is 12.1 Å². The zero-order valence-corrected chi connectivity index (χ0v) is 14.2. The van der Waals surface area contributed by atoms with Crippen LogP contribution in [0.5, 0.6) is 0 Å². The summed E-state index contributed by atoms with van der Waals surface area (Å²) in [6.07, 6.45) is -0.669. The third kappa shape index (κ3) is 8.65. The third-order valence-electron chi connectivity index (χ3n) is 3.31. The molecule has 0 unspecified atom stereocenters. The lowest BCUT2D eigenvalue weighted by molar-refractivity contribution is -0.144. The summed E-state index contributed by atoms with van der Waals surface area (Å²) >= 11 is 0. The average molecular weight is 359 g/mol. The van der Waals surface area contributed by atoms with Crippen molar-refractivity contribution >= 4 is 29.6 Å². The van der Waals surface area contributed by atoms with Crippen LogP contribution in [0.4, 0.5) is 0 Å². The molecule has 3 atom stereocenters. The van der Waals surface area contributed by atoms with Crippen molar-refractivity contribution in [3.8, 4) is 0 Å². The van der Waals surface area contributed by atoms with Gasteiger partial charge >= 0.3 is 5.97 Å². The lowest BCUT2D eigenvalue weighted by Gasteiger charge is -2.25. The molecule has 0 spiro atoms. The van der Waals surface area contributed by atoms with E-state index in [9.17, 15) is 24.0 Å². The number of amides is 4. The molecular weight excluding hydrogens is 334 g/mol. The van der Waals surface area contributed by atoms with Gasteiger partial charge in [-0.25, -0.2) is 4.79 Å². The van der Waals surface area contributed by atoms with Gasteiger partial charge in [0.05, 0.1) is 12.5 Å². The summed E-state index contributed by atoms with van der Waals surface area (Å²) < 4.78 is 0. The van der Waals surface area contributed by atoms with Crippen molar-refractivity contribution in [2.24, 2.45) is 23.1 Å². The predicted molar refractivity (Wildman–Crippen MR) is 86.6 cm³/mol. The van der Waals surface area contributed by atoms with Crippen LogP contribution < -0.4 is 27.8 Å². The topological polar surface area (TPSA) is 208 Å². The van der Waals surface area contributed by atoms with Crippen LogP contribution in [-0.4, -0.2) is 52.8 Å². The predicted octanol–water partition coefficient (Wildman–Crippen LogP) is -2.84. The second kappa shape index (κ2) is 10.2. The van der Waals surface area contributed by atoms with Crippen LogP contribution in [-0.2, 0) is 24.0 Å². The van der Waals surface area contributed by atoms with Gasteiger partial charge in [-0.15, -0.1) is 0 Å². The molecule has 9 N–H and O–H groups in total. The number of hydrogen-bond donors (Lipinski definition) is 6. The Balaban J connectivity index is 4.94. The average Bonchev–Trinajstić information content (AvgIpc) is 2.47. The number of carbonyl (C=O) groups excluding carboxylic acids is 4. The largest absolute Gasteiger partial charge is 0.480 e. The van der Waals surface area contributed by atoms with Gasteiger partial charge in [0.15, 0.2) is 0 Å². The summed E-state index contributed by atoms with van der Waals surface area (Å²) in [5.74, 6) is -4.81. The Hall–Kier alpha value is -2.69. The number of carboxylic acids is 1. The molecule has 0 bridgehead atoms. The molecule has 25 heavy (non-hydrogen) atoms. The maximum Gasteiger partial charge on any atom is 0.326 e. The molecular formula is C14H25N5O6. The number of primary amides is 2. The van der Waals surface area contributed by atoms with Gasteiger partial charge in [-0.05, 0) is 12.3 Å². The fourth-order valence-electron chi connectivity index (χ4n) is 1.89. The van der Waals surface area contributed by atoms with Gasteiger partial charge in [0.25, 0.3) is 0 Å². The van der Waals surface area contributed by atoms with E-state index in [2.05, 4.69) is 10.6 Å². The molecule has 0 heterocycles. The van der Waals surface area contributed by atoms with E-state index in [-0.39, 0.29) is 12.8 Å². The first-order valence-electron chi connectivity index (χ1n) is 7.61. The molecule has 11 nitrogen and oxygen atoms in total. The van der Waals surface area contributed by atoms with E-state index < -0.39 is 60.1 Å². The van der Waals surface area contributed by atoms with Gasteiger partial charge in [0, 0.05) is 6.42 Å². The molecule has 0 radical (unpaired) electrons. The van der Waals surface area contributed by atoms with Crippen molar-refractivity contribution in [2.45, 2.75) is 51.2 Å². The zero-order valence-electron chi connectivity index (χ0n) is 14.2. The Morgan fingerprint density at radius 3 is 1.92 bits per heavy atom. The molecule has 0 aromatic heterocycles. The quantitative estimate of drug-likeness (QED) is 0.227. The van der Waals surface area contributed by atoms with E-state index in [1.807, 2.05) is 0 Å². The second-order valence-corrected chi connectivity index (χ2v) is 5.91. The summed E-state index contributed by atoms with van der Waals surface area (Å²) in [5, 5.41) is 13.6. The van der Waals surface area contributed by atoms with Crippen molar-refractivity contribution in [3.05, 3.63) is 0 Å². The van der Waals surface area contributed by atoms with Gasteiger partial charge in [0.2, 0.25) is 23.6 Å². The minimum absolute atomic E-state index is 0.00697. The number of rotatable bonds is 11. The fraction of sp³-hybridized carbons (Fsp3) is 0.643. The van der Waals surface area contributed by atoms with Crippen molar-refractivity contribution in [2.75, 3.05) is 0 Å². The highest BCUT2D eigenvalue weighted by atomic mass is 16.4. The molecule has 0 aliphatic rings. The molecule has 0 rings (SSSR count). The molecule has 0 fully saturated rings. The Bertz CT molecular complexity index is 536. The van der Waals surface area contributed by atoms with E-state index in [1.54, 1.807) is 13.8 Å². The minimum atomic E-state index is -1.51. The second-order valence-electron chi connectivity index (χ2n) is 5.91. The highest BCUT2D eigenvalue weighted by Gasteiger charge is 2.30. The first-order valence-corrected chi connectivity index (χ1v) is 7.61. The Morgan fingerprint density at radius 2 is 1.52 bits per heavy atom. The lowest BCUT2D eigenvalue weighted by atomic mass is 10.0. The summed E-state index contributed by atoms with van der Waals surface area (Å²) in [5.41, 5.74) is 15.5. The van der Waals surface area contributed by atoms with Crippen molar-refractivity contribution in [3.63, 3.8) is 0 Å². The summed E-state index contributed by atoms with van der Waals surface area (Å²) in [6.45, 7) is 3.26. The fourth-order valence-corrected chi connectivity index (χ4v) is 1.89. The van der Waals surface area contributed by atoms with Crippen molar-refractivity contribution < 1.29 is 29.1 Å². The van der Waals surface area contributed by atoms with Gasteiger partial charge in [-0.1, -0.05) is 13.8 Å².